The second kappa shape index (κ2) is 6.38. The molecule has 2 aromatic rings. The molecule has 1 aliphatic rings. The SMILES string of the molecule is C=CCn1cc(C(=O)C(=O)N2CCOCC2)c2ccc(C)cc21. The van der Waals surface area contributed by atoms with Crippen molar-refractivity contribution >= 4 is 22.6 Å². The third kappa shape index (κ3) is 2.92. The molecule has 0 saturated carbocycles. The molecule has 1 fully saturated rings. The van der Waals surface area contributed by atoms with E-state index in [1.54, 1.807) is 17.2 Å². The van der Waals surface area contributed by atoms with E-state index in [1.807, 2.05) is 29.7 Å². The Labute approximate surface area is 135 Å². The second-order valence-electron chi connectivity index (χ2n) is 5.74. The molecule has 1 aromatic carbocycles. The number of morpholine rings is 1. The van der Waals surface area contributed by atoms with Gasteiger partial charge in [-0.05, 0) is 18.6 Å². The number of ether oxygens (including phenoxy) is 1. The molecule has 3 rings (SSSR count). The average molecular weight is 312 g/mol. The molecular weight excluding hydrogens is 292 g/mol. The van der Waals surface area contributed by atoms with Gasteiger partial charge in [-0.2, -0.15) is 0 Å². The van der Waals surface area contributed by atoms with Gasteiger partial charge in [0, 0.05) is 36.7 Å². The molecule has 0 aliphatic carbocycles. The Morgan fingerprint density at radius 1 is 1.30 bits per heavy atom. The summed E-state index contributed by atoms with van der Waals surface area (Å²) in [4.78, 5) is 26.7. The Hall–Kier alpha value is -2.40. The zero-order valence-electron chi connectivity index (χ0n) is 13.2. The first-order valence-electron chi connectivity index (χ1n) is 7.73. The summed E-state index contributed by atoms with van der Waals surface area (Å²) in [5, 5.41) is 0.809. The number of fused-ring (bicyclic) bond motifs is 1. The highest BCUT2D eigenvalue weighted by molar-refractivity contribution is 6.44. The Balaban J connectivity index is 1.99. The number of aryl methyl sites for hydroxylation is 1. The van der Waals surface area contributed by atoms with E-state index in [-0.39, 0.29) is 0 Å². The van der Waals surface area contributed by atoms with Crippen LogP contribution in [0.1, 0.15) is 15.9 Å². The maximum absolute atomic E-state index is 12.7. The first-order chi connectivity index (χ1) is 11.1. The number of amides is 1. The van der Waals surface area contributed by atoms with Gasteiger partial charge >= 0.3 is 0 Å². The van der Waals surface area contributed by atoms with Gasteiger partial charge in [0.05, 0.1) is 18.8 Å². The third-order valence-electron chi connectivity index (χ3n) is 4.10. The van der Waals surface area contributed by atoms with E-state index in [9.17, 15) is 9.59 Å². The van der Waals surface area contributed by atoms with Crippen molar-refractivity contribution in [1.29, 1.82) is 0 Å². The van der Waals surface area contributed by atoms with Gasteiger partial charge in [-0.25, -0.2) is 0 Å². The molecule has 5 nitrogen and oxygen atoms in total. The molecule has 1 saturated heterocycles. The first-order valence-corrected chi connectivity index (χ1v) is 7.73. The Morgan fingerprint density at radius 2 is 2.04 bits per heavy atom. The summed E-state index contributed by atoms with van der Waals surface area (Å²) in [5.41, 5.74) is 2.51. The van der Waals surface area contributed by atoms with Crippen LogP contribution >= 0.6 is 0 Å². The number of hydrogen-bond donors (Lipinski definition) is 0. The molecule has 0 unspecified atom stereocenters. The van der Waals surface area contributed by atoms with E-state index in [1.165, 1.54) is 0 Å². The number of allylic oxidation sites excluding steroid dienone is 1. The third-order valence-corrected chi connectivity index (χ3v) is 4.10. The molecular formula is C18H20N2O3. The van der Waals surface area contributed by atoms with Gasteiger partial charge in [-0.15, -0.1) is 6.58 Å². The lowest BCUT2D eigenvalue weighted by Crippen LogP contribution is -2.44. The molecule has 0 N–H and O–H groups in total. The highest BCUT2D eigenvalue weighted by Gasteiger charge is 2.27. The lowest BCUT2D eigenvalue weighted by Gasteiger charge is -2.25. The van der Waals surface area contributed by atoms with E-state index >= 15 is 0 Å². The van der Waals surface area contributed by atoms with Crippen molar-refractivity contribution in [2.75, 3.05) is 26.3 Å². The number of rotatable bonds is 4. The van der Waals surface area contributed by atoms with Crippen LogP contribution in [0.3, 0.4) is 0 Å². The fraction of sp³-hybridized carbons (Fsp3) is 0.333. The summed E-state index contributed by atoms with van der Waals surface area (Å²) in [7, 11) is 0. The number of hydrogen-bond acceptors (Lipinski definition) is 3. The molecule has 0 atom stereocenters. The number of Topliss-reactive ketones (excluding diaryl/α,β-unsaturated/α-hetero) is 1. The predicted molar refractivity (Wildman–Crippen MR) is 88.6 cm³/mol. The summed E-state index contributed by atoms with van der Waals surface area (Å²) >= 11 is 0. The smallest absolute Gasteiger partial charge is 0.295 e. The van der Waals surface area contributed by atoms with Gasteiger partial charge < -0.3 is 14.2 Å². The minimum atomic E-state index is -0.455. The second-order valence-corrected chi connectivity index (χ2v) is 5.74. The molecule has 2 heterocycles. The number of carbonyl (C=O) groups is 2. The van der Waals surface area contributed by atoms with Crippen LogP contribution < -0.4 is 0 Å². The number of ketones is 1. The van der Waals surface area contributed by atoms with Crippen molar-refractivity contribution in [3.05, 3.63) is 48.2 Å². The zero-order valence-corrected chi connectivity index (χ0v) is 13.2. The Morgan fingerprint density at radius 3 is 2.74 bits per heavy atom. The quantitative estimate of drug-likeness (QED) is 0.494. The minimum absolute atomic E-state index is 0.452. The van der Waals surface area contributed by atoms with Crippen LogP contribution in [-0.2, 0) is 16.1 Å². The van der Waals surface area contributed by atoms with Gasteiger partial charge in [0.2, 0.25) is 0 Å². The molecule has 5 heteroatoms. The van der Waals surface area contributed by atoms with Crippen molar-refractivity contribution in [2.45, 2.75) is 13.5 Å². The van der Waals surface area contributed by atoms with Crippen LogP contribution in [0.15, 0.2) is 37.1 Å². The van der Waals surface area contributed by atoms with E-state index in [0.717, 1.165) is 16.5 Å². The fourth-order valence-corrected chi connectivity index (χ4v) is 2.90. The van der Waals surface area contributed by atoms with Gasteiger partial charge in [-0.3, -0.25) is 9.59 Å². The predicted octanol–water partition coefficient (Wildman–Crippen LogP) is 2.18. The van der Waals surface area contributed by atoms with E-state index in [4.69, 9.17) is 4.74 Å². The van der Waals surface area contributed by atoms with Crippen LogP contribution in [0.4, 0.5) is 0 Å². The summed E-state index contributed by atoms with van der Waals surface area (Å²) in [6.45, 7) is 8.25. The number of carbonyl (C=O) groups excluding carboxylic acids is 2. The van der Waals surface area contributed by atoms with Crippen molar-refractivity contribution in [2.24, 2.45) is 0 Å². The van der Waals surface area contributed by atoms with Gasteiger partial charge in [-0.1, -0.05) is 18.2 Å². The maximum atomic E-state index is 12.7. The van der Waals surface area contributed by atoms with E-state index < -0.39 is 11.7 Å². The van der Waals surface area contributed by atoms with Gasteiger partial charge in [0.1, 0.15) is 0 Å². The monoisotopic (exact) mass is 312 g/mol. The zero-order chi connectivity index (χ0) is 16.4. The molecule has 0 radical (unpaired) electrons. The van der Waals surface area contributed by atoms with E-state index in [2.05, 4.69) is 6.58 Å². The minimum Gasteiger partial charge on any atom is -0.378 e. The van der Waals surface area contributed by atoms with Crippen LogP contribution in [0.2, 0.25) is 0 Å². The summed E-state index contributed by atoms with van der Waals surface area (Å²) in [6, 6.07) is 5.88. The summed E-state index contributed by atoms with van der Waals surface area (Å²) < 4.78 is 7.19. The lowest BCUT2D eigenvalue weighted by atomic mass is 10.1. The number of aromatic nitrogens is 1. The summed E-state index contributed by atoms with van der Waals surface area (Å²) in [6.07, 6.45) is 3.53. The Bertz CT molecular complexity index is 770. The molecule has 0 spiro atoms. The molecule has 120 valence electrons. The summed E-state index contributed by atoms with van der Waals surface area (Å²) in [5.74, 6) is -0.907. The maximum Gasteiger partial charge on any atom is 0.295 e. The van der Waals surface area contributed by atoms with Crippen molar-refractivity contribution in [1.82, 2.24) is 9.47 Å². The average Bonchev–Trinajstić information content (AvgIpc) is 2.92. The Kier molecular flexibility index (Phi) is 4.30. The van der Waals surface area contributed by atoms with Crippen molar-refractivity contribution in [3.8, 4) is 0 Å². The van der Waals surface area contributed by atoms with E-state index in [0.29, 0.717) is 38.4 Å². The standard InChI is InChI=1S/C18H20N2O3/c1-3-6-20-12-15(14-5-4-13(2)11-16(14)20)17(21)18(22)19-7-9-23-10-8-19/h3-5,11-12H,1,6-10H2,2H3. The van der Waals surface area contributed by atoms with Crippen LogP contribution in [0, 0.1) is 6.92 Å². The largest absolute Gasteiger partial charge is 0.378 e. The normalized spacial score (nSPS) is 14.9. The van der Waals surface area contributed by atoms with Crippen LogP contribution in [-0.4, -0.2) is 47.5 Å². The van der Waals surface area contributed by atoms with Gasteiger partial charge in [0.25, 0.3) is 11.7 Å². The molecule has 1 aliphatic heterocycles. The lowest BCUT2D eigenvalue weighted by molar-refractivity contribution is -0.130. The van der Waals surface area contributed by atoms with Crippen LogP contribution in [0.25, 0.3) is 10.9 Å². The molecule has 23 heavy (non-hydrogen) atoms. The highest BCUT2D eigenvalue weighted by Crippen LogP contribution is 2.24. The molecule has 1 aromatic heterocycles. The topological polar surface area (TPSA) is 51.5 Å². The first kappa shape index (κ1) is 15.5. The highest BCUT2D eigenvalue weighted by atomic mass is 16.5. The van der Waals surface area contributed by atoms with Crippen molar-refractivity contribution in [3.63, 3.8) is 0 Å². The fourth-order valence-electron chi connectivity index (χ4n) is 2.90. The number of nitrogens with zero attached hydrogens (tertiary/aromatic N) is 2. The van der Waals surface area contributed by atoms with Crippen LogP contribution in [0.5, 0.6) is 0 Å². The van der Waals surface area contributed by atoms with Crippen molar-refractivity contribution < 1.29 is 14.3 Å². The molecule has 0 bridgehead atoms. The molecule has 1 amide bonds. The number of benzene rings is 1. The van der Waals surface area contributed by atoms with Gasteiger partial charge in [0.15, 0.2) is 0 Å².